The molecule has 32 heavy (non-hydrogen) atoms. The molecule has 2 aromatic carbocycles. The van der Waals surface area contributed by atoms with Crippen molar-refractivity contribution in [1.29, 1.82) is 0 Å². The zero-order chi connectivity index (χ0) is 22.6. The van der Waals surface area contributed by atoms with E-state index in [1.807, 2.05) is 29.2 Å². The van der Waals surface area contributed by atoms with Crippen LogP contribution in [0.15, 0.2) is 42.5 Å². The lowest BCUT2D eigenvalue weighted by Gasteiger charge is -2.56. The van der Waals surface area contributed by atoms with Gasteiger partial charge in [0.25, 0.3) is 0 Å². The number of methoxy groups -OCH3 is 1. The minimum atomic E-state index is -0.167. The number of aliphatic hydroxyl groups excluding tert-OH is 1. The summed E-state index contributed by atoms with van der Waals surface area (Å²) in [4.78, 5) is 16.3. The molecule has 3 heterocycles. The number of aryl methyl sites for hydroxylation is 1. The van der Waals surface area contributed by atoms with Crippen LogP contribution in [0.1, 0.15) is 29.8 Å². The fourth-order valence-electron chi connectivity index (χ4n) is 5.66. The first-order valence-electron chi connectivity index (χ1n) is 10.9. The van der Waals surface area contributed by atoms with E-state index in [0.29, 0.717) is 24.7 Å². The van der Waals surface area contributed by atoms with Crippen LogP contribution >= 0.6 is 11.6 Å². The predicted molar refractivity (Wildman–Crippen MR) is 125 cm³/mol. The number of amides is 1. The summed E-state index contributed by atoms with van der Waals surface area (Å²) in [6, 6.07) is 13.9. The van der Waals surface area contributed by atoms with Gasteiger partial charge in [0.15, 0.2) is 0 Å². The van der Waals surface area contributed by atoms with E-state index in [-0.39, 0.29) is 24.0 Å². The third-order valence-electron chi connectivity index (χ3n) is 7.13. The van der Waals surface area contributed by atoms with E-state index in [2.05, 4.69) is 34.7 Å². The molecule has 0 saturated carbocycles. The summed E-state index contributed by atoms with van der Waals surface area (Å²) < 4.78 is 7.67. The summed E-state index contributed by atoms with van der Waals surface area (Å²) in [5, 5.41) is 12.4. The largest absolute Gasteiger partial charge is 0.497 e. The number of likely N-dealkylation sites (tertiary alicyclic amines) is 1. The van der Waals surface area contributed by atoms with Gasteiger partial charge in [0.05, 0.1) is 25.3 Å². The van der Waals surface area contributed by atoms with Crippen LogP contribution in [0, 0.1) is 0 Å². The predicted octanol–water partition coefficient (Wildman–Crippen LogP) is 3.49. The van der Waals surface area contributed by atoms with Gasteiger partial charge in [-0.1, -0.05) is 23.7 Å². The van der Waals surface area contributed by atoms with Gasteiger partial charge in [0.2, 0.25) is 5.91 Å². The Morgan fingerprint density at radius 1 is 1.22 bits per heavy atom. The number of hydrogen-bond acceptors (Lipinski definition) is 4. The maximum Gasteiger partial charge on any atom is 0.219 e. The molecule has 1 amide bonds. The highest BCUT2D eigenvalue weighted by Gasteiger charge is 2.53. The number of hydrogen-bond donors (Lipinski definition) is 1. The van der Waals surface area contributed by atoms with Crippen molar-refractivity contribution in [2.24, 2.45) is 7.05 Å². The Hall–Kier alpha value is -2.54. The van der Waals surface area contributed by atoms with E-state index in [1.54, 1.807) is 14.0 Å². The standard InChI is InChI=1S/C25H28ClN3O3/c1-16(31)29-14-25(15-29)13-28(11-17-5-4-6-18(26)9-17)22(12-30)24-23(25)20-8-7-19(32-3)10-21(20)27(24)2/h4-10,22,30H,11-15H2,1-3H3/t22-/m0/s1. The highest BCUT2D eigenvalue weighted by atomic mass is 35.5. The molecule has 1 spiro atoms. The van der Waals surface area contributed by atoms with Crippen molar-refractivity contribution in [3.05, 3.63) is 64.3 Å². The van der Waals surface area contributed by atoms with E-state index in [0.717, 1.165) is 29.1 Å². The normalized spacial score (nSPS) is 19.8. The molecule has 0 bridgehead atoms. The van der Waals surface area contributed by atoms with Gasteiger partial charge in [0, 0.05) is 67.7 Å². The molecule has 0 radical (unpaired) electrons. The van der Waals surface area contributed by atoms with Crippen molar-refractivity contribution in [3.8, 4) is 5.75 Å². The second-order valence-electron chi connectivity index (χ2n) is 9.09. The fraction of sp³-hybridized carbons (Fsp3) is 0.400. The van der Waals surface area contributed by atoms with Crippen LogP contribution in [0.3, 0.4) is 0 Å². The molecule has 6 nitrogen and oxygen atoms in total. The van der Waals surface area contributed by atoms with Crippen LogP contribution in [0.5, 0.6) is 5.75 Å². The second kappa shape index (κ2) is 7.80. The zero-order valence-electron chi connectivity index (χ0n) is 18.6. The Morgan fingerprint density at radius 3 is 2.66 bits per heavy atom. The van der Waals surface area contributed by atoms with Crippen LogP contribution in [0.2, 0.25) is 5.02 Å². The van der Waals surface area contributed by atoms with E-state index in [1.165, 1.54) is 10.9 Å². The van der Waals surface area contributed by atoms with Crippen LogP contribution in [0.4, 0.5) is 0 Å². The Kier molecular flexibility index (Phi) is 5.19. The van der Waals surface area contributed by atoms with E-state index >= 15 is 0 Å². The highest BCUT2D eigenvalue weighted by molar-refractivity contribution is 6.30. The minimum absolute atomic E-state index is 0.0152. The Bertz CT molecular complexity index is 1200. The third kappa shape index (κ3) is 3.20. The average Bonchev–Trinajstić information content (AvgIpc) is 3.04. The molecular formula is C25H28ClN3O3. The first-order chi connectivity index (χ1) is 15.4. The minimum Gasteiger partial charge on any atom is -0.497 e. The number of halogens is 1. The molecule has 1 fully saturated rings. The van der Waals surface area contributed by atoms with Crippen molar-refractivity contribution in [2.45, 2.75) is 24.9 Å². The zero-order valence-corrected chi connectivity index (χ0v) is 19.4. The lowest BCUT2D eigenvalue weighted by atomic mass is 9.68. The molecule has 1 saturated heterocycles. The van der Waals surface area contributed by atoms with Crippen molar-refractivity contribution in [2.75, 3.05) is 33.4 Å². The van der Waals surface area contributed by atoms with E-state index < -0.39 is 0 Å². The average molecular weight is 454 g/mol. The van der Waals surface area contributed by atoms with Gasteiger partial charge in [-0.2, -0.15) is 0 Å². The van der Waals surface area contributed by atoms with Crippen molar-refractivity contribution >= 4 is 28.4 Å². The Morgan fingerprint density at radius 2 is 2.00 bits per heavy atom. The summed E-state index contributed by atoms with van der Waals surface area (Å²) in [6.07, 6.45) is 0. The molecule has 1 atom stereocenters. The summed E-state index contributed by atoms with van der Waals surface area (Å²) in [6.45, 7) is 4.46. The van der Waals surface area contributed by atoms with Gasteiger partial charge >= 0.3 is 0 Å². The number of nitrogens with zero attached hydrogens (tertiary/aromatic N) is 3. The number of carbonyl (C=O) groups excluding carboxylic acids is 1. The lowest BCUT2D eigenvalue weighted by molar-refractivity contribution is -0.138. The molecular weight excluding hydrogens is 426 g/mol. The van der Waals surface area contributed by atoms with Gasteiger partial charge in [-0.05, 0) is 35.4 Å². The monoisotopic (exact) mass is 453 g/mol. The van der Waals surface area contributed by atoms with E-state index in [9.17, 15) is 9.90 Å². The molecule has 3 aromatic rings. The van der Waals surface area contributed by atoms with Crippen LogP contribution < -0.4 is 4.74 Å². The molecule has 2 aliphatic rings. The van der Waals surface area contributed by atoms with Crippen molar-refractivity contribution in [3.63, 3.8) is 0 Å². The van der Waals surface area contributed by atoms with Crippen LogP contribution in [-0.2, 0) is 23.8 Å². The molecule has 1 aromatic heterocycles. The molecule has 0 unspecified atom stereocenters. The number of rotatable bonds is 4. The first kappa shape index (κ1) is 21.3. The molecule has 1 N–H and O–H groups in total. The Labute approximate surface area is 192 Å². The third-order valence-corrected chi connectivity index (χ3v) is 7.36. The number of fused-ring (bicyclic) bond motifs is 4. The number of ether oxygens (including phenoxy) is 1. The van der Waals surface area contributed by atoms with Crippen molar-refractivity contribution < 1.29 is 14.6 Å². The molecule has 2 aliphatic heterocycles. The number of carbonyl (C=O) groups is 1. The number of aliphatic hydroxyl groups is 1. The van der Waals surface area contributed by atoms with Crippen molar-refractivity contribution in [1.82, 2.24) is 14.4 Å². The number of benzene rings is 2. The SMILES string of the molecule is COc1ccc2c3c(n(C)c2c1)[C@H](CO)N(Cc1cccc(Cl)c1)CC31CN(C(C)=O)C1. The van der Waals surface area contributed by atoms with E-state index in [4.69, 9.17) is 16.3 Å². The van der Waals surface area contributed by atoms with Gasteiger partial charge in [-0.3, -0.25) is 9.69 Å². The number of aromatic nitrogens is 1. The van der Waals surface area contributed by atoms with Gasteiger partial charge in [-0.15, -0.1) is 0 Å². The van der Waals surface area contributed by atoms with Gasteiger partial charge in [-0.25, -0.2) is 0 Å². The molecule has 0 aliphatic carbocycles. The summed E-state index contributed by atoms with van der Waals surface area (Å²) >= 11 is 6.24. The first-order valence-corrected chi connectivity index (χ1v) is 11.3. The summed E-state index contributed by atoms with van der Waals surface area (Å²) in [7, 11) is 3.73. The maximum atomic E-state index is 12.1. The topological polar surface area (TPSA) is 57.9 Å². The maximum absolute atomic E-state index is 12.1. The second-order valence-corrected chi connectivity index (χ2v) is 9.53. The fourth-order valence-corrected chi connectivity index (χ4v) is 5.88. The summed E-state index contributed by atoms with van der Waals surface area (Å²) in [5.74, 6) is 0.907. The molecule has 168 valence electrons. The summed E-state index contributed by atoms with van der Waals surface area (Å²) in [5.41, 5.74) is 4.40. The quantitative estimate of drug-likeness (QED) is 0.657. The van der Waals surface area contributed by atoms with Crippen LogP contribution in [-0.4, -0.2) is 58.7 Å². The van der Waals surface area contributed by atoms with Crippen LogP contribution in [0.25, 0.3) is 10.9 Å². The lowest BCUT2D eigenvalue weighted by Crippen LogP contribution is -2.67. The van der Waals surface area contributed by atoms with Gasteiger partial charge < -0.3 is 19.3 Å². The Balaban J connectivity index is 1.66. The smallest absolute Gasteiger partial charge is 0.219 e. The highest BCUT2D eigenvalue weighted by Crippen LogP contribution is 2.49. The molecule has 5 rings (SSSR count). The molecule has 7 heteroatoms. The van der Waals surface area contributed by atoms with Gasteiger partial charge in [0.1, 0.15) is 5.75 Å².